The maximum absolute atomic E-state index is 13.0. The first kappa shape index (κ1) is 26.9. The van der Waals surface area contributed by atoms with E-state index >= 15 is 0 Å². The lowest BCUT2D eigenvalue weighted by molar-refractivity contribution is -0.123. The third-order valence-electron chi connectivity index (χ3n) is 6.08. The number of methoxy groups -OCH3 is 1. The average molecular weight is 580 g/mol. The minimum atomic E-state index is -0.363. The largest absolute Gasteiger partial charge is 0.493 e. The summed E-state index contributed by atoms with van der Waals surface area (Å²) in [6.07, 6.45) is 1.66. The second kappa shape index (κ2) is 12.0. The second-order valence-corrected chi connectivity index (χ2v) is 10.4. The molecule has 0 saturated carbocycles. The molecule has 1 heterocycles. The lowest BCUT2D eigenvalue weighted by Crippen LogP contribution is -2.32. The molecule has 0 atom stereocenters. The standard InChI is InChI=1S/C30H23Cl2NO5S/c1-36-26-12-9-19(15-27(26)38-18-21-10-11-22(31)17-24(21)32)16-28-29(34)33(30(35)39-28)13-14-37-25-8-4-6-20-5-2-3-7-23(20)25/h2-12,15-17H,13-14,18H2,1H3/b28-16-. The van der Waals surface area contributed by atoms with E-state index in [1.54, 1.807) is 49.6 Å². The van der Waals surface area contributed by atoms with Crippen LogP contribution in [0, 0.1) is 0 Å². The second-order valence-electron chi connectivity index (χ2n) is 8.59. The van der Waals surface area contributed by atoms with Gasteiger partial charge in [0.15, 0.2) is 11.5 Å². The summed E-state index contributed by atoms with van der Waals surface area (Å²) in [5.74, 6) is 1.34. The van der Waals surface area contributed by atoms with Crippen molar-refractivity contribution in [3.8, 4) is 17.2 Å². The first-order valence-corrected chi connectivity index (χ1v) is 13.6. The van der Waals surface area contributed by atoms with Crippen molar-refractivity contribution in [2.75, 3.05) is 20.3 Å². The molecule has 4 aromatic rings. The Morgan fingerprint density at radius 1 is 0.872 bits per heavy atom. The molecule has 2 amide bonds. The maximum Gasteiger partial charge on any atom is 0.293 e. The van der Waals surface area contributed by atoms with Gasteiger partial charge in [-0.05, 0) is 59.1 Å². The number of hydrogen-bond acceptors (Lipinski definition) is 6. The minimum Gasteiger partial charge on any atom is -0.493 e. The predicted octanol–water partition coefficient (Wildman–Crippen LogP) is 7.85. The highest BCUT2D eigenvalue weighted by Gasteiger charge is 2.34. The van der Waals surface area contributed by atoms with Crippen LogP contribution in [0.25, 0.3) is 16.8 Å². The van der Waals surface area contributed by atoms with Crippen LogP contribution in [0.3, 0.4) is 0 Å². The lowest BCUT2D eigenvalue weighted by Gasteiger charge is -2.14. The van der Waals surface area contributed by atoms with Crippen molar-refractivity contribution in [1.82, 2.24) is 4.90 Å². The van der Waals surface area contributed by atoms with Gasteiger partial charge in [0.2, 0.25) is 0 Å². The summed E-state index contributed by atoms with van der Waals surface area (Å²) >= 11 is 13.1. The monoisotopic (exact) mass is 579 g/mol. The molecule has 1 fully saturated rings. The van der Waals surface area contributed by atoms with E-state index in [0.29, 0.717) is 37.8 Å². The number of nitrogens with zero attached hydrogens (tertiary/aromatic N) is 1. The fourth-order valence-corrected chi connectivity index (χ4v) is 5.43. The zero-order valence-corrected chi connectivity index (χ0v) is 23.2. The number of halogens is 2. The molecule has 0 unspecified atom stereocenters. The number of amides is 2. The molecule has 0 radical (unpaired) electrons. The summed E-state index contributed by atoms with van der Waals surface area (Å²) in [4.78, 5) is 27.2. The topological polar surface area (TPSA) is 65.1 Å². The fraction of sp³-hybridized carbons (Fsp3) is 0.133. The molecule has 5 rings (SSSR count). The SMILES string of the molecule is COc1ccc(/C=C2\SC(=O)N(CCOc3cccc4ccccc34)C2=O)cc1OCc1ccc(Cl)cc1Cl. The molecule has 0 bridgehead atoms. The Hall–Kier alpha value is -3.65. The van der Waals surface area contributed by atoms with Crippen molar-refractivity contribution in [1.29, 1.82) is 0 Å². The summed E-state index contributed by atoms with van der Waals surface area (Å²) in [5, 5.41) is 2.73. The predicted molar refractivity (Wildman–Crippen MR) is 156 cm³/mol. The van der Waals surface area contributed by atoms with Gasteiger partial charge in [0, 0.05) is 21.0 Å². The molecule has 1 aliphatic heterocycles. The van der Waals surface area contributed by atoms with E-state index in [-0.39, 0.29) is 30.9 Å². The Balaban J connectivity index is 1.26. The van der Waals surface area contributed by atoms with Gasteiger partial charge in [0.05, 0.1) is 18.6 Å². The normalized spacial score (nSPS) is 14.3. The minimum absolute atomic E-state index is 0.143. The van der Waals surface area contributed by atoms with Gasteiger partial charge in [0.25, 0.3) is 11.1 Å². The van der Waals surface area contributed by atoms with Crippen LogP contribution in [-0.4, -0.2) is 36.3 Å². The number of thioether (sulfide) groups is 1. The molecule has 198 valence electrons. The Kier molecular flexibility index (Phi) is 8.31. The Morgan fingerprint density at radius 2 is 1.69 bits per heavy atom. The van der Waals surface area contributed by atoms with Gasteiger partial charge >= 0.3 is 0 Å². The van der Waals surface area contributed by atoms with E-state index in [1.807, 2.05) is 42.5 Å². The van der Waals surface area contributed by atoms with Gasteiger partial charge in [-0.3, -0.25) is 14.5 Å². The molecule has 4 aromatic carbocycles. The van der Waals surface area contributed by atoms with Gasteiger partial charge < -0.3 is 14.2 Å². The number of carbonyl (C=O) groups excluding carboxylic acids is 2. The molecule has 1 saturated heterocycles. The third-order valence-corrected chi connectivity index (χ3v) is 7.57. The van der Waals surface area contributed by atoms with Crippen molar-refractivity contribution < 1.29 is 23.8 Å². The van der Waals surface area contributed by atoms with Crippen LogP contribution >= 0.6 is 35.0 Å². The van der Waals surface area contributed by atoms with Crippen molar-refractivity contribution in [3.63, 3.8) is 0 Å². The average Bonchev–Trinajstić information content (AvgIpc) is 3.20. The van der Waals surface area contributed by atoms with Gasteiger partial charge in [-0.1, -0.05) is 71.7 Å². The number of fused-ring (bicyclic) bond motifs is 1. The number of carbonyl (C=O) groups is 2. The first-order valence-electron chi connectivity index (χ1n) is 12.0. The summed E-state index contributed by atoms with van der Waals surface area (Å²) in [6.45, 7) is 0.528. The molecule has 0 N–H and O–H groups in total. The summed E-state index contributed by atoms with van der Waals surface area (Å²) < 4.78 is 17.3. The van der Waals surface area contributed by atoms with Crippen LogP contribution < -0.4 is 14.2 Å². The molecular formula is C30H23Cl2NO5S. The third kappa shape index (κ3) is 6.17. The number of hydrogen-bond donors (Lipinski definition) is 0. The van der Waals surface area contributed by atoms with Crippen LogP contribution in [0.15, 0.2) is 83.8 Å². The van der Waals surface area contributed by atoms with Crippen molar-refractivity contribution >= 4 is 63.0 Å². The number of imide groups is 1. The molecular weight excluding hydrogens is 557 g/mol. The highest BCUT2D eigenvalue weighted by molar-refractivity contribution is 8.18. The maximum atomic E-state index is 13.0. The van der Waals surface area contributed by atoms with E-state index in [2.05, 4.69) is 0 Å². The van der Waals surface area contributed by atoms with E-state index in [4.69, 9.17) is 37.4 Å². The Labute approximate surface area is 240 Å². The van der Waals surface area contributed by atoms with Crippen LogP contribution in [-0.2, 0) is 11.4 Å². The summed E-state index contributed by atoms with van der Waals surface area (Å²) in [7, 11) is 1.54. The van der Waals surface area contributed by atoms with Crippen LogP contribution in [0.1, 0.15) is 11.1 Å². The Morgan fingerprint density at radius 3 is 2.51 bits per heavy atom. The van der Waals surface area contributed by atoms with Gasteiger partial charge in [0.1, 0.15) is 19.0 Å². The van der Waals surface area contributed by atoms with Gasteiger partial charge in [-0.2, -0.15) is 0 Å². The molecule has 0 aliphatic carbocycles. The lowest BCUT2D eigenvalue weighted by atomic mass is 10.1. The highest BCUT2D eigenvalue weighted by atomic mass is 35.5. The van der Waals surface area contributed by atoms with Gasteiger partial charge in [-0.25, -0.2) is 0 Å². The number of rotatable bonds is 9. The molecule has 9 heteroatoms. The van der Waals surface area contributed by atoms with Crippen molar-refractivity contribution in [2.24, 2.45) is 0 Å². The number of benzene rings is 4. The highest BCUT2D eigenvalue weighted by Crippen LogP contribution is 2.35. The summed E-state index contributed by atoms with van der Waals surface area (Å²) in [6, 6.07) is 24.2. The van der Waals surface area contributed by atoms with E-state index < -0.39 is 0 Å². The van der Waals surface area contributed by atoms with Crippen molar-refractivity contribution in [2.45, 2.75) is 6.61 Å². The van der Waals surface area contributed by atoms with Crippen LogP contribution in [0.2, 0.25) is 10.0 Å². The molecule has 1 aliphatic rings. The smallest absolute Gasteiger partial charge is 0.293 e. The van der Waals surface area contributed by atoms with Crippen LogP contribution in [0.5, 0.6) is 17.2 Å². The summed E-state index contributed by atoms with van der Waals surface area (Å²) in [5.41, 5.74) is 1.45. The van der Waals surface area contributed by atoms with Gasteiger partial charge in [-0.15, -0.1) is 0 Å². The van der Waals surface area contributed by atoms with E-state index in [1.165, 1.54) is 4.90 Å². The first-order chi connectivity index (χ1) is 18.9. The zero-order chi connectivity index (χ0) is 27.4. The molecule has 39 heavy (non-hydrogen) atoms. The molecule has 0 aromatic heterocycles. The Bertz CT molecular complexity index is 1580. The fourth-order valence-electron chi connectivity index (χ4n) is 4.10. The quantitative estimate of drug-likeness (QED) is 0.188. The van der Waals surface area contributed by atoms with E-state index in [0.717, 1.165) is 28.1 Å². The number of ether oxygens (including phenoxy) is 3. The van der Waals surface area contributed by atoms with E-state index in [9.17, 15) is 9.59 Å². The van der Waals surface area contributed by atoms with Crippen molar-refractivity contribution in [3.05, 3.63) is 105 Å². The molecule has 6 nitrogen and oxygen atoms in total. The molecule has 0 spiro atoms. The van der Waals surface area contributed by atoms with Crippen LogP contribution in [0.4, 0.5) is 4.79 Å². The zero-order valence-electron chi connectivity index (χ0n) is 20.9.